The van der Waals surface area contributed by atoms with Gasteiger partial charge in [0.05, 0.1) is 16.2 Å². The number of carbonyl (C=O) groups excluding carboxylic acids is 1. The lowest BCUT2D eigenvalue weighted by molar-refractivity contribution is -0.115. The fourth-order valence-electron chi connectivity index (χ4n) is 2.36. The number of thioether (sulfide) groups is 1. The number of halogens is 1. The number of rotatable bonds is 6. The third kappa shape index (κ3) is 4.90. The number of nitrogens with zero attached hydrogens (tertiary/aromatic N) is 1. The predicted octanol–water partition coefficient (Wildman–Crippen LogP) is 4.60. The number of amidine groups is 1. The molecule has 0 aromatic heterocycles. The normalized spacial score (nSPS) is 16.2. The van der Waals surface area contributed by atoms with Crippen molar-refractivity contribution in [1.82, 2.24) is 5.32 Å². The number of ether oxygens (including phenoxy) is 1. The number of benzene rings is 2. The molecule has 1 aliphatic rings. The molecule has 6 nitrogen and oxygen atoms in total. The van der Waals surface area contributed by atoms with E-state index in [-0.39, 0.29) is 11.5 Å². The lowest BCUT2D eigenvalue weighted by Gasteiger charge is -2.08. The van der Waals surface area contributed by atoms with E-state index in [2.05, 4.69) is 32.8 Å². The van der Waals surface area contributed by atoms with Crippen LogP contribution < -0.4 is 10.1 Å². The number of carboxylic acids is 1. The molecule has 28 heavy (non-hydrogen) atoms. The molecule has 0 aliphatic carbocycles. The van der Waals surface area contributed by atoms with Gasteiger partial charge in [-0.1, -0.05) is 34.7 Å². The topological polar surface area (TPSA) is 88.0 Å². The highest BCUT2D eigenvalue weighted by Crippen LogP contribution is 2.32. The second-order valence-corrected chi connectivity index (χ2v) is 7.57. The molecule has 1 fully saturated rings. The van der Waals surface area contributed by atoms with Crippen molar-refractivity contribution in [3.05, 3.63) is 75.6 Å². The van der Waals surface area contributed by atoms with Crippen molar-refractivity contribution in [3.63, 3.8) is 0 Å². The average molecular weight is 459 g/mol. The molecule has 2 N–H and O–H groups in total. The van der Waals surface area contributed by atoms with Crippen molar-refractivity contribution in [2.45, 2.75) is 0 Å². The molecule has 0 saturated carbocycles. The molecule has 0 spiro atoms. The van der Waals surface area contributed by atoms with Crippen LogP contribution in [-0.4, -0.2) is 28.8 Å². The maximum Gasteiger partial charge on any atom is 0.335 e. The number of aromatic carboxylic acids is 1. The minimum Gasteiger partial charge on any atom is -0.489 e. The number of carboxylic acid groups (broad SMARTS) is 1. The highest BCUT2D eigenvalue weighted by Gasteiger charge is 2.24. The van der Waals surface area contributed by atoms with Crippen LogP contribution in [0.3, 0.4) is 0 Å². The SMILES string of the molecule is C=CCOc1ccc(Br)cc1/C=C1\SC(=Nc2cccc(C(=O)O)c2)NC1=O. The molecule has 0 unspecified atom stereocenters. The highest BCUT2D eigenvalue weighted by molar-refractivity contribution is 9.10. The average Bonchev–Trinajstić information content (AvgIpc) is 3.00. The van der Waals surface area contributed by atoms with Crippen molar-refractivity contribution in [3.8, 4) is 5.75 Å². The molecule has 1 aliphatic heterocycles. The van der Waals surface area contributed by atoms with Crippen LogP contribution in [-0.2, 0) is 4.79 Å². The van der Waals surface area contributed by atoms with Gasteiger partial charge in [0.25, 0.3) is 5.91 Å². The smallest absolute Gasteiger partial charge is 0.335 e. The Bertz CT molecular complexity index is 1020. The lowest BCUT2D eigenvalue weighted by atomic mass is 10.2. The number of hydrogen-bond donors (Lipinski definition) is 2. The Morgan fingerprint density at radius 1 is 1.32 bits per heavy atom. The molecular weight excluding hydrogens is 444 g/mol. The number of amides is 1. The summed E-state index contributed by atoms with van der Waals surface area (Å²) in [5.74, 6) is -0.691. The van der Waals surface area contributed by atoms with Gasteiger partial charge in [0.15, 0.2) is 5.17 Å². The van der Waals surface area contributed by atoms with E-state index in [4.69, 9.17) is 9.84 Å². The number of aliphatic imine (C=N–C) groups is 1. The van der Waals surface area contributed by atoms with Gasteiger partial charge in [0.1, 0.15) is 12.4 Å². The zero-order valence-electron chi connectivity index (χ0n) is 14.5. The van der Waals surface area contributed by atoms with E-state index in [1.807, 2.05) is 18.2 Å². The van der Waals surface area contributed by atoms with Crippen LogP contribution in [0.4, 0.5) is 5.69 Å². The maximum atomic E-state index is 12.3. The first kappa shape index (κ1) is 19.9. The van der Waals surface area contributed by atoms with Crippen LogP contribution in [0.1, 0.15) is 15.9 Å². The van der Waals surface area contributed by atoms with E-state index in [0.29, 0.717) is 28.1 Å². The van der Waals surface area contributed by atoms with Gasteiger partial charge in [-0.15, -0.1) is 0 Å². The van der Waals surface area contributed by atoms with Crippen LogP contribution >= 0.6 is 27.7 Å². The minimum atomic E-state index is -1.03. The van der Waals surface area contributed by atoms with Gasteiger partial charge in [0.2, 0.25) is 0 Å². The monoisotopic (exact) mass is 458 g/mol. The molecule has 3 rings (SSSR count). The first-order valence-electron chi connectivity index (χ1n) is 8.12. The van der Waals surface area contributed by atoms with Gasteiger partial charge in [-0.2, -0.15) is 0 Å². The van der Waals surface area contributed by atoms with Crippen molar-refractivity contribution >= 4 is 56.5 Å². The molecule has 1 heterocycles. The van der Waals surface area contributed by atoms with Crippen LogP contribution in [0.5, 0.6) is 5.75 Å². The van der Waals surface area contributed by atoms with Crippen molar-refractivity contribution in [2.24, 2.45) is 4.99 Å². The second kappa shape index (κ2) is 8.90. The summed E-state index contributed by atoms with van der Waals surface area (Å²) in [6, 6.07) is 11.7. The van der Waals surface area contributed by atoms with E-state index < -0.39 is 5.97 Å². The highest BCUT2D eigenvalue weighted by atomic mass is 79.9. The summed E-state index contributed by atoms with van der Waals surface area (Å²) in [4.78, 5) is 28.2. The Kier molecular flexibility index (Phi) is 6.33. The first-order valence-corrected chi connectivity index (χ1v) is 9.73. The van der Waals surface area contributed by atoms with Crippen LogP contribution in [0.2, 0.25) is 0 Å². The quantitative estimate of drug-likeness (QED) is 0.487. The molecule has 0 bridgehead atoms. The standard InChI is InChI=1S/C20H15BrN2O4S/c1-2-8-27-16-7-6-14(21)9-13(16)11-17-18(24)23-20(28-17)22-15-5-3-4-12(10-15)19(25)26/h2-7,9-11H,1,8H2,(H,25,26)(H,22,23,24)/b17-11-. The summed E-state index contributed by atoms with van der Waals surface area (Å²) in [5.41, 5.74) is 1.31. The van der Waals surface area contributed by atoms with Gasteiger partial charge in [-0.3, -0.25) is 4.79 Å². The van der Waals surface area contributed by atoms with Gasteiger partial charge >= 0.3 is 5.97 Å². The third-order valence-electron chi connectivity index (χ3n) is 3.59. The molecule has 2 aromatic rings. The second-order valence-electron chi connectivity index (χ2n) is 5.62. The van der Waals surface area contributed by atoms with Crippen molar-refractivity contribution in [2.75, 3.05) is 6.61 Å². The third-order valence-corrected chi connectivity index (χ3v) is 4.99. The van der Waals surface area contributed by atoms with E-state index in [1.54, 1.807) is 24.3 Å². The Balaban J connectivity index is 1.87. The largest absolute Gasteiger partial charge is 0.489 e. The van der Waals surface area contributed by atoms with Crippen molar-refractivity contribution in [1.29, 1.82) is 0 Å². The fourth-order valence-corrected chi connectivity index (χ4v) is 3.57. The molecule has 142 valence electrons. The Morgan fingerprint density at radius 3 is 2.89 bits per heavy atom. The van der Waals surface area contributed by atoms with Gasteiger partial charge in [-0.25, -0.2) is 9.79 Å². The number of carbonyl (C=O) groups is 2. The molecule has 1 amide bonds. The summed E-state index contributed by atoms with van der Waals surface area (Å²) < 4.78 is 6.49. The number of hydrogen-bond acceptors (Lipinski definition) is 5. The van der Waals surface area contributed by atoms with E-state index in [0.717, 1.165) is 10.0 Å². The first-order chi connectivity index (χ1) is 13.5. The predicted molar refractivity (Wildman–Crippen MR) is 114 cm³/mol. The summed E-state index contributed by atoms with van der Waals surface area (Å²) >= 11 is 4.59. The minimum absolute atomic E-state index is 0.130. The van der Waals surface area contributed by atoms with Crippen LogP contribution in [0, 0.1) is 0 Å². The molecule has 1 saturated heterocycles. The van der Waals surface area contributed by atoms with Gasteiger partial charge < -0.3 is 15.2 Å². The fraction of sp³-hybridized carbons (Fsp3) is 0.0500. The molecular formula is C20H15BrN2O4S. The van der Waals surface area contributed by atoms with E-state index in [1.165, 1.54) is 23.9 Å². The maximum absolute atomic E-state index is 12.3. The van der Waals surface area contributed by atoms with Gasteiger partial charge in [-0.05, 0) is 54.2 Å². The van der Waals surface area contributed by atoms with Crippen LogP contribution in [0.15, 0.2) is 69.5 Å². The van der Waals surface area contributed by atoms with Crippen LogP contribution in [0.25, 0.3) is 6.08 Å². The molecule has 8 heteroatoms. The zero-order chi connectivity index (χ0) is 20.1. The lowest BCUT2D eigenvalue weighted by Crippen LogP contribution is -2.19. The summed E-state index contributed by atoms with van der Waals surface area (Å²) in [5, 5.41) is 12.1. The Labute approximate surface area is 174 Å². The molecule has 0 atom stereocenters. The van der Waals surface area contributed by atoms with E-state index in [9.17, 15) is 9.59 Å². The molecule has 2 aromatic carbocycles. The van der Waals surface area contributed by atoms with Gasteiger partial charge in [0, 0.05) is 10.0 Å². The summed E-state index contributed by atoms with van der Waals surface area (Å²) in [6.07, 6.45) is 3.37. The summed E-state index contributed by atoms with van der Waals surface area (Å²) in [7, 11) is 0. The zero-order valence-corrected chi connectivity index (χ0v) is 16.9. The Morgan fingerprint density at radius 2 is 2.14 bits per heavy atom. The van der Waals surface area contributed by atoms with E-state index >= 15 is 0 Å². The Hall–Kier alpha value is -2.84. The molecule has 0 radical (unpaired) electrons. The summed E-state index contributed by atoms with van der Waals surface area (Å²) in [6.45, 7) is 3.99. The number of nitrogens with one attached hydrogen (secondary N) is 1. The van der Waals surface area contributed by atoms with Crippen molar-refractivity contribution < 1.29 is 19.4 Å².